The molecule has 0 N–H and O–H groups in total. The predicted octanol–water partition coefficient (Wildman–Crippen LogP) is 3.37. The zero-order valence-electron chi connectivity index (χ0n) is 10.3. The number of carbonyl (C=O) groups excluding carboxylic acids is 1. The first kappa shape index (κ1) is 13.8. The first-order valence-corrected chi connectivity index (χ1v) is 6.05. The van der Waals surface area contributed by atoms with Crippen LogP contribution in [0.3, 0.4) is 0 Å². The highest BCUT2D eigenvalue weighted by Crippen LogP contribution is 2.24. The maximum absolute atomic E-state index is 11.6. The van der Waals surface area contributed by atoms with Gasteiger partial charge in [0.05, 0.1) is 6.61 Å². The molecule has 1 unspecified atom stereocenters. The lowest BCUT2D eigenvalue weighted by Crippen LogP contribution is -2.28. The van der Waals surface area contributed by atoms with Crippen LogP contribution in [0.25, 0.3) is 0 Å². The average Bonchev–Trinajstić information content (AvgIpc) is 2.30. The van der Waals surface area contributed by atoms with E-state index < -0.39 is 6.10 Å². The Labute approximate surface area is 107 Å². The van der Waals surface area contributed by atoms with Gasteiger partial charge >= 0.3 is 5.97 Å². The van der Waals surface area contributed by atoms with Gasteiger partial charge in [-0.15, -0.1) is 0 Å². The molecule has 0 amide bonds. The molecule has 0 aliphatic rings. The van der Waals surface area contributed by atoms with Gasteiger partial charge in [0.1, 0.15) is 5.75 Å². The van der Waals surface area contributed by atoms with E-state index in [1.165, 1.54) is 0 Å². The Morgan fingerprint density at radius 2 is 2.12 bits per heavy atom. The Hall–Kier alpha value is -1.22. The standard InChI is InChI=1S/C13H17ClO3/c1-4-11(13(15)16-5-2)17-12-8-10(14)7-6-9(12)3/h6-8,11H,4-5H2,1-3H3. The monoisotopic (exact) mass is 256 g/mol. The minimum absolute atomic E-state index is 0.339. The molecule has 3 nitrogen and oxygen atoms in total. The highest BCUT2D eigenvalue weighted by atomic mass is 35.5. The number of aryl methyl sites for hydroxylation is 1. The molecule has 0 aliphatic heterocycles. The number of hydrogen-bond acceptors (Lipinski definition) is 3. The van der Waals surface area contributed by atoms with Crippen molar-refractivity contribution in [2.24, 2.45) is 0 Å². The van der Waals surface area contributed by atoms with E-state index >= 15 is 0 Å². The van der Waals surface area contributed by atoms with Crippen molar-refractivity contribution in [1.29, 1.82) is 0 Å². The molecule has 0 radical (unpaired) electrons. The van der Waals surface area contributed by atoms with Crippen LogP contribution in [0.5, 0.6) is 5.75 Å². The van der Waals surface area contributed by atoms with E-state index in [9.17, 15) is 4.79 Å². The second kappa shape index (κ2) is 6.50. The summed E-state index contributed by atoms with van der Waals surface area (Å²) in [5.74, 6) is 0.284. The van der Waals surface area contributed by atoms with E-state index in [1.54, 1.807) is 19.1 Å². The minimum Gasteiger partial charge on any atom is -0.478 e. The summed E-state index contributed by atoms with van der Waals surface area (Å²) in [6.45, 7) is 5.91. The van der Waals surface area contributed by atoms with Crippen molar-refractivity contribution >= 4 is 17.6 Å². The van der Waals surface area contributed by atoms with Crippen LogP contribution in [0.2, 0.25) is 5.02 Å². The number of rotatable bonds is 5. The summed E-state index contributed by atoms with van der Waals surface area (Å²) in [6, 6.07) is 5.35. The second-order valence-corrected chi connectivity index (χ2v) is 4.11. The Morgan fingerprint density at radius 3 is 2.71 bits per heavy atom. The Balaban J connectivity index is 2.80. The van der Waals surface area contributed by atoms with E-state index in [4.69, 9.17) is 21.1 Å². The van der Waals surface area contributed by atoms with Crippen molar-refractivity contribution < 1.29 is 14.3 Å². The summed E-state index contributed by atoms with van der Waals surface area (Å²) in [5.41, 5.74) is 0.942. The van der Waals surface area contributed by atoms with Gasteiger partial charge in [-0.25, -0.2) is 4.79 Å². The lowest BCUT2D eigenvalue weighted by molar-refractivity contribution is -0.151. The van der Waals surface area contributed by atoms with Gasteiger partial charge in [0.25, 0.3) is 0 Å². The Bertz CT molecular complexity index is 390. The topological polar surface area (TPSA) is 35.5 Å². The van der Waals surface area contributed by atoms with E-state index in [1.807, 2.05) is 19.9 Å². The normalized spacial score (nSPS) is 12.0. The van der Waals surface area contributed by atoms with Gasteiger partial charge in [-0.1, -0.05) is 24.6 Å². The van der Waals surface area contributed by atoms with Crippen LogP contribution in [0.15, 0.2) is 18.2 Å². The fourth-order valence-electron chi connectivity index (χ4n) is 1.39. The first-order valence-electron chi connectivity index (χ1n) is 5.67. The van der Waals surface area contributed by atoms with Crippen molar-refractivity contribution in [2.45, 2.75) is 33.3 Å². The molecular formula is C13H17ClO3. The van der Waals surface area contributed by atoms with Gasteiger partial charge in [-0.3, -0.25) is 0 Å². The molecule has 17 heavy (non-hydrogen) atoms. The SMILES string of the molecule is CCOC(=O)C(CC)Oc1cc(Cl)ccc1C. The van der Waals surface area contributed by atoms with E-state index in [0.717, 1.165) is 5.56 Å². The molecule has 0 saturated heterocycles. The molecule has 94 valence electrons. The Kier molecular flexibility index (Phi) is 5.29. The van der Waals surface area contributed by atoms with Crippen molar-refractivity contribution in [1.82, 2.24) is 0 Å². The number of ether oxygens (including phenoxy) is 2. The van der Waals surface area contributed by atoms with Crippen molar-refractivity contribution in [3.8, 4) is 5.75 Å². The molecule has 0 spiro atoms. The van der Waals surface area contributed by atoms with Crippen LogP contribution >= 0.6 is 11.6 Å². The molecule has 0 bridgehead atoms. The van der Waals surface area contributed by atoms with Crippen LogP contribution in [-0.4, -0.2) is 18.7 Å². The number of esters is 1. The summed E-state index contributed by atoms with van der Waals surface area (Å²) in [5, 5.41) is 0.587. The van der Waals surface area contributed by atoms with Crippen LogP contribution in [0, 0.1) is 6.92 Å². The second-order valence-electron chi connectivity index (χ2n) is 3.68. The number of hydrogen-bond donors (Lipinski definition) is 0. The average molecular weight is 257 g/mol. The molecule has 1 aromatic rings. The quantitative estimate of drug-likeness (QED) is 0.758. The molecule has 1 rings (SSSR count). The summed E-state index contributed by atoms with van der Waals surface area (Å²) in [6.07, 6.45) is -0.0164. The van der Waals surface area contributed by atoms with Gasteiger partial charge in [0.15, 0.2) is 6.10 Å². The molecule has 0 aliphatic carbocycles. The zero-order valence-corrected chi connectivity index (χ0v) is 11.1. The largest absolute Gasteiger partial charge is 0.478 e. The van der Waals surface area contributed by atoms with Crippen LogP contribution in [-0.2, 0) is 9.53 Å². The van der Waals surface area contributed by atoms with Crippen molar-refractivity contribution in [3.05, 3.63) is 28.8 Å². The highest BCUT2D eigenvalue weighted by Gasteiger charge is 2.20. The van der Waals surface area contributed by atoms with Gasteiger partial charge in [0.2, 0.25) is 0 Å². The minimum atomic E-state index is -0.577. The maximum Gasteiger partial charge on any atom is 0.347 e. The third-order valence-corrected chi connectivity index (χ3v) is 2.57. The molecule has 0 saturated carbocycles. The lowest BCUT2D eigenvalue weighted by atomic mass is 10.2. The fourth-order valence-corrected chi connectivity index (χ4v) is 1.55. The Morgan fingerprint density at radius 1 is 1.41 bits per heavy atom. The summed E-state index contributed by atoms with van der Waals surface area (Å²) in [4.78, 5) is 11.6. The number of carbonyl (C=O) groups is 1. The van der Waals surface area contributed by atoms with Gasteiger partial charge in [0, 0.05) is 5.02 Å². The van der Waals surface area contributed by atoms with E-state index in [-0.39, 0.29) is 5.97 Å². The predicted molar refractivity (Wildman–Crippen MR) is 67.5 cm³/mol. The van der Waals surface area contributed by atoms with Crippen LogP contribution in [0.1, 0.15) is 25.8 Å². The first-order chi connectivity index (χ1) is 8.08. The molecule has 0 aromatic heterocycles. The number of halogens is 1. The van der Waals surface area contributed by atoms with E-state index in [0.29, 0.717) is 23.8 Å². The van der Waals surface area contributed by atoms with E-state index in [2.05, 4.69) is 0 Å². The zero-order chi connectivity index (χ0) is 12.8. The molecule has 0 fully saturated rings. The van der Waals surface area contributed by atoms with Gasteiger partial charge in [-0.2, -0.15) is 0 Å². The highest BCUT2D eigenvalue weighted by molar-refractivity contribution is 6.30. The third-order valence-electron chi connectivity index (χ3n) is 2.34. The smallest absolute Gasteiger partial charge is 0.347 e. The molecule has 4 heteroatoms. The summed E-state index contributed by atoms with van der Waals surface area (Å²) >= 11 is 5.89. The molecule has 1 aromatic carbocycles. The summed E-state index contributed by atoms with van der Waals surface area (Å²) in [7, 11) is 0. The van der Waals surface area contributed by atoms with Crippen LogP contribution in [0.4, 0.5) is 0 Å². The fraction of sp³-hybridized carbons (Fsp3) is 0.462. The molecular weight excluding hydrogens is 240 g/mol. The van der Waals surface area contributed by atoms with Crippen molar-refractivity contribution in [2.75, 3.05) is 6.61 Å². The third kappa shape index (κ3) is 3.93. The molecule has 0 heterocycles. The maximum atomic E-state index is 11.6. The van der Waals surface area contributed by atoms with Crippen LogP contribution < -0.4 is 4.74 Å². The summed E-state index contributed by atoms with van der Waals surface area (Å²) < 4.78 is 10.6. The lowest BCUT2D eigenvalue weighted by Gasteiger charge is -2.17. The van der Waals surface area contributed by atoms with Crippen molar-refractivity contribution in [3.63, 3.8) is 0 Å². The molecule has 1 atom stereocenters. The van der Waals surface area contributed by atoms with Gasteiger partial charge in [-0.05, 0) is 38.0 Å². The van der Waals surface area contributed by atoms with Gasteiger partial charge < -0.3 is 9.47 Å². The number of benzene rings is 1.